The van der Waals surface area contributed by atoms with Gasteiger partial charge in [-0.15, -0.1) is 0 Å². The topological polar surface area (TPSA) is 0 Å². The normalized spacial score (nSPS) is 19.1. The molecule has 0 radical (unpaired) electrons. The van der Waals surface area contributed by atoms with Gasteiger partial charge in [-0.25, -0.2) is 0 Å². The maximum Gasteiger partial charge on any atom is 0.0253 e. The summed E-state index contributed by atoms with van der Waals surface area (Å²) in [6, 6.07) is 0. The maximum atomic E-state index is 6.33. The van der Waals surface area contributed by atoms with Crippen molar-refractivity contribution in [1.29, 1.82) is 0 Å². The average Bonchev–Trinajstić information content (AvgIpc) is 2.85. The van der Waals surface area contributed by atoms with E-state index < -0.39 is 0 Å². The largest absolute Gasteiger partial charge is 0.0885 e. The van der Waals surface area contributed by atoms with Crippen LogP contribution in [-0.4, -0.2) is 0 Å². The first-order chi connectivity index (χ1) is 9.49. The smallest absolute Gasteiger partial charge is 0.0253 e. The van der Waals surface area contributed by atoms with Crippen molar-refractivity contribution < 1.29 is 21.7 Å². The van der Waals surface area contributed by atoms with Gasteiger partial charge in [0.25, 0.3) is 0 Å². The average molecular weight is 359 g/mol. The zero-order valence-electron chi connectivity index (χ0n) is 13.5. The zero-order chi connectivity index (χ0) is 14.9. The molecule has 0 amide bonds. The van der Waals surface area contributed by atoms with Crippen LogP contribution >= 0.6 is 23.2 Å². The molecular formula is C18H24Cl2Ti. The number of hydrogen-bond donors (Lipinski definition) is 0. The van der Waals surface area contributed by atoms with E-state index in [1.54, 1.807) is 11.1 Å². The molecule has 0 aliphatic heterocycles. The summed E-state index contributed by atoms with van der Waals surface area (Å²) < 4.78 is 0. The number of rotatable bonds is 5. The van der Waals surface area contributed by atoms with Crippen LogP contribution in [0.15, 0.2) is 43.5 Å². The summed E-state index contributed by atoms with van der Waals surface area (Å²) in [6.45, 7) is 8.76. The monoisotopic (exact) mass is 358 g/mol. The van der Waals surface area contributed by atoms with E-state index in [2.05, 4.69) is 27.7 Å². The van der Waals surface area contributed by atoms with Crippen molar-refractivity contribution in [2.75, 3.05) is 0 Å². The van der Waals surface area contributed by atoms with E-state index in [4.69, 9.17) is 23.2 Å². The number of allylic oxidation sites excluding steroid dienone is 8. The van der Waals surface area contributed by atoms with Crippen molar-refractivity contribution in [2.45, 2.75) is 66.2 Å². The first-order valence-corrected chi connectivity index (χ1v) is 8.38. The molecule has 0 bridgehead atoms. The van der Waals surface area contributed by atoms with Gasteiger partial charge in [0.15, 0.2) is 0 Å². The molecule has 0 unspecified atom stereocenters. The summed E-state index contributed by atoms with van der Waals surface area (Å²) >= 11 is 12.7. The van der Waals surface area contributed by atoms with E-state index in [-0.39, 0.29) is 21.7 Å². The van der Waals surface area contributed by atoms with Crippen LogP contribution in [0.25, 0.3) is 0 Å². The van der Waals surface area contributed by atoms with Crippen LogP contribution in [0.2, 0.25) is 0 Å². The Bertz CT molecular complexity index is 498. The van der Waals surface area contributed by atoms with Crippen molar-refractivity contribution in [3.8, 4) is 0 Å². The second kappa shape index (κ2) is 8.20. The molecule has 21 heavy (non-hydrogen) atoms. The fraction of sp³-hybridized carbons (Fsp3) is 0.556. The molecule has 0 saturated heterocycles. The van der Waals surface area contributed by atoms with Crippen molar-refractivity contribution in [3.05, 3.63) is 43.5 Å². The first-order valence-electron chi connectivity index (χ1n) is 7.62. The van der Waals surface area contributed by atoms with Gasteiger partial charge in [0.05, 0.1) is 0 Å². The van der Waals surface area contributed by atoms with Crippen LogP contribution in [0.5, 0.6) is 0 Å². The Morgan fingerprint density at radius 2 is 1.10 bits per heavy atom. The molecule has 2 rings (SSSR count). The van der Waals surface area contributed by atoms with Gasteiger partial charge >= 0.3 is 0 Å². The summed E-state index contributed by atoms with van der Waals surface area (Å²) in [5.41, 5.74) is 8.68. The van der Waals surface area contributed by atoms with Crippen LogP contribution < -0.4 is 0 Å². The fourth-order valence-corrected chi connectivity index (χ4v) is 4.07. The Balaban J connectivity index is 0.00000220. The molecule has 114 valence electrons. The van der Waals surface area contributed by atoms with Gasteiger partial charge in [0.1, 0.15) is 0 Å². The van der Waals surface area contributed by atoms with Crippen molar-refractivity contribution >= 4 is 23.2 Å². The van der Waals surface area contributed by atoms with E-state index in [0.29, 0.717) is 0 Å². The molecule has 0 heterocycles. The second-order valence-corrected chi connectivity index (χ2v) is 6.70. The van der Waals surface area contributed by atoms with E-state index in [9.17, 15) is 0 Å². The summed E-state index contributed by atoms with van der Waals surface area (Å²) in [5, 5.41) is 2.08. The van der Waals surface area contributed by atoms with Crippen LogP contribution in [0.1, 0.15) is 66.2 Å². The molecule has 0 aromatic carbocycles. The Hall–Kier alpha value is 0.254. The molecular weight excluding hydrogens is 335 g/mol. The van der Waals surface area contributed by atoms with Gasteiger partial charge in [-0.2, -0.15) is 0 Å². The van der Waals surface area contributed by atoms with Gasteiger partial charge in [0.2, 0.25) is 0 Å². The standard InChI is InChI=1S/C18H24Cl2.Ti/c1-5-15-11(3)17(19)9-13(15)7-8-14-10-18(20)12(4)16(14)6-2;/h5-10H2,1-4H3;. The van der Waals surface area contributed by atoms with Crippen LogP contribution in [0.3, 0.4) is 0 Å². The number of halogens is 2. The Labute approximate surface area is 154 Å². The van der Waals surface area contributed by atoms with Crippen LogP contribution in [-0.2, 0) is 21.7 Å². The predicted octanol–water partition coefficient (Wildman–Crippen LogP) is 7.01. The van der Waals surface area contributed by atoms with Gasteiger partial charge < -0.3 is 0 Å². The van der Waals surface area contributed by atoms with Gasteiger partial charge in [-0.05, 0) is 61.8 Å². The summed E-state index contributed by atoms with van der Waals surface area (Å²) in [5.74, 6) is 0. The SMILES string of the molecule is CCC1=C(CCC2=C(CC)C(C)=C(Cl)C2)CC(Cl)=C1C.[Ti]. The second-order valence-electron chi connectivity index (χ2n) is 5.78. The van der Waals surface area contributed by atoms with E-state index >= 15 is 0 Å². The molecule has 0 saturated carbocycles. The molecule has 0 fully saturated rings. The molecule has 3 heteroatoms. The minimum absolute atomic E-state index is 0. The van der Waals surface area contributed by atoms with E-state index in [1.807, 2.05) is 0 Å². The zero-order valence-corrected chi connectivity index (χ0v) is 16.6. The third-order valence-corrected chi connectivity index (χ3v) is 5.58. The predicted molar refractivity (Wildman–Crippen MR) is 90.2 cm³/mol. The molecule has 0 aromatic rings. The fourth-order valence-electron chi connectivity index (χ4n) is 3.52. The molecule has 0 N–H and O–H groups in total. The first kappa shape index (κ1) is 19.3. The summed E-state index contributed by atoms with van der Waals surface area (Å²) in [4.78, 5) is 0. The third-order valence-electron chi connectivity index (χ3n) is 4.75. The molecule has 0 nitrogen and oxygen atoms in total. The minimum atomic E-state index is 0. The minimum Gasteiger partial charge on any atom is -0.0885 e. The summed E-state index contributed by atoms with van der Waals surface area (Å²) in [6.07, 6.45) is 6.38. The molecule has 2 aliphatic carbocycles. The maximum absolute atomic E-state index is 6.33. The van der Waals surface area contributed by atoms with Gasteiger partial charge in [-0.1, -0.05) is 48.2 Å². The Morgan fingerprint density at radius 3 is 1.38 bits per heavy atom. The molecule has 0 spiro atoms. The van der Waals surface area contributed by atoms with Crippen LogP contribution in [0, 0.1) is 0 Å². The summed E-state index contributed by atoms with van der Waals surface area (Å²) in [7, 11) is 0. The van der Waals surface area contributed by atoms with Crippen molar-refractivity contribution in [3.63, 3.8) is 0 Å². The molecule has 0 atom stereocenters. The Morgan fingerprint density at radius 1 is 0.762 bits per heavy atom. The quantitative estimate of drug-likeness (QED) is 0.463. The third kappa shape index (κ3) is 3.97. The van der Waals surface area contributed by atoms with Crippen molar-refractivity contribution in [1.82, 2.24) is 0 Å². The molecule has 0 aromatic heterocycles. The molecule has 2 aliphatic rings. The van der Waals surface area contributed by atoms with Crippen molar-refractivity contribution in [2.24, 2.45) is 0 Å². The van der Waals surface area contributed by atoms with Gasteiger partial charge in [0, 0.05) is 44.6 Å². The Kier molecular flexibility index (Phi) is 7.54. The van der Waals surface area contributed by atoms with Gasteiger partial charge in [-0.3, -0.25) is 0 Å². The number of hydrogen-bond acceptors (Lipinski definition) is 0. The van der Waals surface area contributed by atoms with Crippen LogP contribution in [0.4, 0.5) is 0 Å². The van der Waals surface area contributed by atoms with E-state index in [0.717, 1.165) is 48.6 Å². The van der Waals surface area contributed by atoms with E-state index in [1.165, 1.54) is 22.3 Å².